The first-order chi connectivity index (χ1) is 5.62. The van der Waals surface area contributed by atoms with Crippen LogP contribution in [0.1, 0.15) is 44.4 Å². The van der Waals surface area contributed by atoms with Crippen molar-refractivity contribution >= 4 is 0 Å². The highest BCUT2D eigenvalue weighted by molar-refractivity contribution is 5.15. The van der Waals surface area contributed by atoms with Gasteiger partial charge in [0, 0.05) is 5.41 Å². The van der Waals surface area contributed by atoms with E-state index in [9.17, 15) is 0 Å². The molecule has 0 aliphatic heterocycles. The SMILES string of the molecule is CC(N)c1nc(C2(C)CC2)n[nH]1. The second-order valence-electron chi connectivity index (χ2n) is 3.89. The van der Waals surface area contributed by atoms with Crippen LogP contribution < -0.4 is 5.73 Å². The van der Waals surface area contributed by atoms with Crippen LogP contribution in [0.25, 0.3) is 0 Å². The number of H-pyrrole nitrogens is 1. The molecule has 0 aromatic carbocycles. The maximum Gasteiger partial charge on any atom is 0.156 e. The fourth-order valence-electron chi connectivity index (χ4n) is 1.16. The van der Waals surface area contributed by atoms with Crippen LogP contribution in [0, 0.1) is 0 Å². The van der Waals surface area contributed by atoms with Gasteiger partial charge in [0.25, 0.3) is 0 Å². The van der Waals surface area contributed by atoms with Crippen LogP contribution in [-0.4, -0.2) is 15.2 Å². The highest BCUT2D eigenvalue weighted by Crippen LogP contribution is 2.45. The second-order valence-corrected chi connectivity index (χ2v) is 3.89. The maximum atomic E-state index is 5.66. The monoisotopic (exact) mass is 166 g/mol. The van der Waals surface area contributed by atoms with Gasteiger partial charge in [0.1, 0.15) is 5.82 Å². The van der Waals surface area contributed by atoms with E-state index in [4.69, 9.17) is 5.73 Å². The minimum Gasteiger partial charge on any atom is -0.322 e. The van der Waals surface area contributed by atoms with Gasteiger partial charge in [-0.3, -0.25) is 5.10 Å². The predicted octanol–water partition coefficient (Wildman–Crippen LogP) is 0.876. The van der Waals surface area contributed by atoms with E-state index >= 15 is 0 Å². The summed E-state index contributed by atoms with van der Waals surface area (Å²) in [5.41, 5.74) is 5.90. The Hall–Kier alpha value is -0.900. The molecule has 4 nitrogen and oxygen atoms in total. The zero-order valence-electron chi connectivity index (χ0n) is 7.46. The Balaban J connectivity index is 2.25. The van der Waals surface area contributed by atoms with Crippen molar-refractivity contribution in [2.45, 2.75) is 38.1 Å². The normalized spacial score (nSPS) is 22.2. The molecule has 0 saturated heterocycles. The van der Waals surface area contributed by atoms with Crippen LogP contribution in [0.5, 0.6) is 0 Å². The summed E-state index contributed by atoms with van der Waals surface area (Å²) in [4.78, 5) is 4.35. The van der Waals surface area contributed by atoms with Gasteiger partial charge in [-0.15, -0.1) is 0 Å². The van der Waals surface area contributed by atoms with Gasteiger partial charge >= 0.3 is 0 Å². The molecule has 0 spiro atoms. The molecule has 3 N–H and O–H groups in total. The van der Waals surface area contributed by atoms with Crippen LogP contribution >= 0.6 is 0 Å². The quantitative estimate of drug-likeness (QED) is 0.685. The first-order valence-electron chi connectivity index (χ1n) is 4.30. The van der Waals surface area contributed by atoms with E-state index in [1.165, 1.54) is 12.8 Å². The number of aromatic amines is 1. The molecule has 0 amide bonds. The van der Waals surface area contributed by atoms with E-state index in [-0.39, 0.29) is 11.5 Å². The third kappa shape index (κ3) is 1.12. The molecule has 1 aromatic rings. The van der Waals surface area contributed by atoms with Crippen LogP contribution in [0.15, 0.2) is 0 Å². The maximum absolute atomic E-state index is 5.66. The molecule has 0 radical (unpaired) electrons. The zero-order chi connectivity index (χ0) is 8.77. The lowest BCUT2D eigenvalue weighted by Crippen LogP contribution is -2.08. The van der Waals surface area contributed by atoms with Crippen molar-refractivity contribution in [3.05, 3.63) is 11.6 Å². The zero-order valence-corrected chi connectivity index (χ0v) is 7.46. The number of nitrogens with two attached hydrogens (primary N) is 1. The van der Waals surface area contributed by atoms with Gasteiger partial charge in [0.2, 0.25) is 0 Å². The summed E-state index contributed by atoms with van der Waals surface area (Å²) in [5.74, 6) is 1.72. The Morgan fingerprint density at radius 2 is 2.25 bits per heavy atom. The predicted molar refractivity (Wildman–Crippen MR) is 45.6 cm³/mol. The molecule has 2 rings (SSSR count). The average molecular weight is 166 g/mol. The largest absolute Gasteiger partial charge is 0.322 e. The summed E-state index contributed by atoms with van der Waals surface area (Å²) in [5, 5.41) is 7.02. The molecule has 66 valence electrons. The topological polar surface area (TPSA) is 67.6 Å². The van der Waals surface area contributed by atoms with Crippen molar-refractivity contribution in [1.82, 2.24) is 15.2 Å². The first-order valence-corrected chi connectivity index (χ1v) is 4.30. The second kappa shape index (κ2) is 2.29. The molecule has 1 atom stereocenters. The highest BCUT2D eigenvalue weighted by Gasteiger charge is 2.42. The Labute approximate surface area is 71.6 Å². The minimum absolute atomic E-state index is 0.0476. The van der Waals surface area contributed by atoms with Crippen molar-refractivity contribution in [2.75, 3.05) is 0 Å². The molecule has 1 aromatic heterocycles. The van der Waals surface area contributed by atoms with E-state index in [1.54, 1.807) is 0 Å². The van der Waals surface area contributed by atoms with E-state index in [1.807, 2.05) is 6.92 Å². The summed E-state index contributed by atoms with van der Waals surface area (Å²) in [7, 11) is 0. The van der Waals surface area contributed by atoms with E-state index in [0.29, 0.717) is 0 Å². The lowest BCUT2D eigenvalue weighted by atomic mass is 10.1. The summed E-state index contributed by atoms with van der Waals surface area (Å²) in [6.07, 6.45) is 2.40. The van der Waals surface area contributed by atoms with Crippen LogP contribution in [0.2, 0.25) is 0 Å². The van der Waals surface area contributed by atoms with Crippen molar-refractivity contribution in [1.29, 1.82) is 0 Å². The molecular weight excluding hydrogens is 152 g/mol. The van der Waals surface area contributed by atoms with Crippen LogP contribution in [0.4, 0.5) is 0 Å². The van der Waals surface area contributed by atoms with E-state index in [2.05, 4.69) is 22.1 Å². The highest BCUT2D eigenvalue weighted by atomic mass is 15.2. The molecule has 1 heterocycles. The lowest BCUT2D eigenvalue weighted by Gasteiger charge is -1.99. The standard InChI is InChI=1S/C8H14N4/c1-5(9)6-10-7(12-11-6)8(2)3-4-8/h5H,3-4,9H2,1-2H3,(H,10,11,12). The number of hydrogen-bond donors (Lipinski definition) is 2. The van der Waals surface area contributed by atoms with Gasteiger partial charge in [-0.25, -0.2) is 4.98 Å². The third-order valence-electron chi connectivity index (χ3n) is 2.47. The Bertz CT molecular complexity index is 285. The Morgan fingerprint density at radius 3 is 2.67 bits per heavy atom. The van der Waals surface area contributed by atoms with Gasteiger partial charge in [0.05, 0.1) is 6.04 Å². The molecular formula is C8H14N4. The lowest BCUT2D eigenvalue weighted by molar-refractivity contribution is 0.709. The molecule has 4 heteroatoms. The number of aromatic nitrogens is 3. The fourth-order valence-corrected chi connectivity index (χ4v) is 1.16. The van der Waals surface area contributed by atoms with E-state index in [0.717, 1.165) is 11.6 Å². The molecule has 1 saturated carbocycles. The van der Waals surface area contributed by atoms with E-state index < -0.39 is 0 Å². The van der Waals surface area contributed by atoms with Crippen molar-refractivity contribution < 1.29 is 0 Å². The summed E-state index contributed by atoms with van der Waals surface area (Å²) in [6.45, 7) is 4.08. The van der Waals surface area contributed by atoms with Gasteiger partial charge < -0.3 is 5.73 Å². The number of rotatable bonds is 2. The van der Waals surface area contributed by atoms with Gasteiger partial charge in [0.15, 0.2) is 5.82 Å². The fraction of sp³-hybridized carbons (Fsp3) is 0.750. The van der Waals surface area contributed by atoms with Gasteiger partial charge in [-0.2, -0.15) is 5.10 Å². The molecule has 1 aliphatic carbocycles. The number of hydrogen-bond acceptors (Lipinski definition) is 3. The Morgan fingerprint density at radius 1 is 1.58 bits per heavy atom. The van der Waals surface area contributed by atoms with Crippen molar-refractivity contribution in [3.63, 3.8) is 0 Å². The summed E-state index contributed by atoms with van der Waals surface area (Å²) < 4.78 is 0. The molecule has 1 aliphatic rings. The van der Waals surface area contributed by atoms with Crippen molar-refractivity contribution in [2.24, 2.45) is 5.73 Å². The van der Waals surface area contributed by atoms with Gasteiger partial charge in [-0.1, -0.05) is 6.92 Å². The third-order valence-corrected chi connectivity index (χ3v) is 2.47. The minimum atomic E-state index is -0.0476. The van der Waals surface area contributed by atoms with Crippen LogP contribution in [-0.2, 0) is 5.41 Å². The molecule has 1 unspecified atom stereocenters. The van der Waals surface area contributed by atoms with Crippen LogP contribution in [0.3, 0.4) is 0 Å². The molecule has 12 heavy (non-hydrogen) atoms. The number of nitrogens with one attached hydrogen (secondary N) is 1. The van der Waals surface area contributed by atoms with Crippen molar-refractivity contribution in [3.8, 4) is 0 Å². The smallest absolute Gasteiger partial charge is 0.156 e. The Kier molecular flexibility index (Phi) is 1.48. The number of nitrogens with zero attached hydrogens (tertiary/aromatic N) is 2. The summed E-state index contributed by atoms with van der Waals surface area (Å²) >= 11 is 0. The first kappa shape index (κ1) is 7.73. The molecule has 1 fully saturated rings. The summed E-state index contributed by atoms with van der Waals surface area (Å²) in [6, 6.07) is -0.0476. The average Bonchev–Trinajstić information content (AvgIpc) is 2.61. The van der Waals surface area contributed by atoms with Gasteiger partial charge in [-0.05, 0) is 19.8 Å². The molecule has 0 bridgehead atoms.